The Morgan fingerprint density at radius 1 is 0.720 bits per heavy atom. The zero-order valence-electron chi connectivity index (χ0n) is 17.2. The van der Waals surface area contributed by atoms with E-state index in [0.29, 0.717) is 0 Å². The lowest BCUT2D eigenvalue weighted by Crippen LogP contribution is -2.30. The standard InChI is InChI=1S/C24H34Si/c1-16-12-23(13-17(2)20(16)5)24-18(3)14-22(15-19(24)4)21-8-10-25(6,7)11-9-21/h12-15,21H,8-11H2,1-7H3. The molecule has 0 amide bonds. The minimum Gasteiger partial charge on any atom is -0.0693 e. The zero-order valence-corrected chi connectivity index (χ0v) is 18.2. The average molecular weight is 351 g/mol. The predicted octanol–water partition coefficient (Wildman–Crippen LogP) is 7.48. The minimum absolute atomic E-state index is 0.786. The van der Waals surface area contributed by atoms with Gasteiger partial charge in [0.1, 0.15) is 0 Å². The maximum absolute atomic E-state index is 2.56. The van der Waals surface area contributed by atoms with E-state index in [1.54, 1.807) is 5.56 Å². The minimum atomic E-state index is -0.874. The Balaban J connectivity index is 1.96. The van der Waals surface area contributed by atoms with Crippen LogP contribution in [0.4, 0.5) is 0 Å². The molecule has 0 unspecified atom stereocenters. The monoisotopic (exact) mass is 350 g/mol. The Kier molecular flexibility index (Phi) is 4.99. The summed E-state index contributed by atoms with van der Waals surface area (Å²) in [5.41, 5.74) is 11.5. The fourth-order valence-electron chi connectivity index (χ4n) is 4.60. The first kappa shape index (κ1) is 18.4. The first-order chi connectivity index (χ1) is 11.7. The highest BCUT2D eigenvalue weighted by Crippen LogP contribution is 2.40. The third-order valence-corrected chi connectivity index (χ3v) is 9.87. The Morgan fingerprint density at radius 3 is 1.68 bits per heavy atom. The molecule has 0 N–H and O–H groups in total. The molecule has 0 nitrogen and oxygen atoms in total. The summed E-state index contributed by atoms with van der Waals surface area (Å²) in [7, 11) is -0.874. The Hall–Kier alpha value is -1.34. The largest absolute Gasteiger partial charge is 0.0693 e. The molecular weight excluding hydrogens is 316 g/mol. The highest BCUT2D eigenvalue weighted by Gasteiger charge is 2.29. The van der Waals surface area contributed by atoms with Gasteiger partial charge in [-0.15, -0.1) is 0 Å². The number of rotatable bonds is 2. The van der Waals surface area contributed by atoms with Gasteiger partial charge in [-0.2, -0.15) is 0 Å². The van der Waals surface area contributed by atoms with Crippen molar-refractivity contribution < 1.29 is 0 Å². The summed E-state index contributed by atoms with van der Waals surface area (Å²) in [4.78, 5) is 0. The van der Waals surface area contributed by atoms with Crippen LogP contribution in [0, 0.1) is 34.6 Å². The highest BCUT2D eigenvalue weighted by molar-refractivity contribution is 6.77. The van der Waals surface area contributed by atoms with Crippen LogP contribution in [0.1, 0.15) is 52.1 Å². The van der Waals surface area contributed by atoms with Crippen LogP contribution in [0.25, 0.3) is 11.1 Å². The van der Waals surface area contributed by atoms with Gasteiger partial charge in [-0.1, -0.05) is 49.4 Å². The fourth-order valence-corrected chi connectivity index (χ4v) is 7.11. The first-order valence-electron chi connectivity index (χ1n) is 9.87. The van der Waals surface area contributed by atoms with Crippen molar-refractivity contribution in [2.75, 3.05) is 0 Å². The van der Waals surface area contributed by atoms with Crippen LogP contribution in [0.15, 0.2) is 24.3 Å². The van der Waals surface area contributed by atoms with Gasteiger partial charge in [0, 0.05) is 8.07 Å². The van der Waals surface area contributed by atoms with Crippen LogP contribution in [0.3, 0.4) is 0 Å². The molecule has 1 fully saturated rings. The maximum atomic E-state index is 2.56. The maximum Gasteiger partial charge on any atom is 0.0474 e. The second kappa shape index (κ2) is 6.76. The van der Waals surface area contributed by atoms with Gasteiger partial charge in [-0.05, 0) is 97.9 Å². The summed E-state index contributed by atoms with van der Waals surface area (Å²) in [6.07, 6.45) is 2.81. The summed E-state index contributed by atoms with van der Waals surface area (Å²) < 4.78 is 0. The van der Waals surface area contributed by atoms with Crippen molar-refractivity contribution in [3.8, 4) is 11.1 Å². The second-order valence-corrected chi connectivity index (χ2v) is 14.5. The van der Waals surface area contributed by atoms with Crippen molar-refractivity contribution in [3.05, 3.63) is 57.6 Å². The lowest BCUT2D eigenvalue weighted by Gasteiger charge is -2.33. The van der Waals surface area contributed by atoms with E-state index in [1.165, 1.54) is 63.9 Å². The molecule has 2 aromatic rings. The molecule has 0 saturated carbocycles. The Bertz CT molecular complexity index is 742. The first-order valence-corrected chi connectivity index (χ1v) is 13.3. The molecule has 25 heavy (non-hydrogen) atoms. The van der Waals surface area contributed by atoms with Crippen molar-refractivity contribution in [1.82, 2.24) is 0 Å². The molecule has 0 bridgehead atoms. The van der Waals surface area contributed by atoms with Gasteiger partial charge in [-0.25, -0.2) is 0 Å². The average Bonchev–Trinajstić information content (AvgIpc) is 2.51. The topological polar surface area (TPSA) is 0 Å². The van der Waals surface area contributed by atoms with Gasteiger partial charge in [0.15, 0.2) is 0 Å². The van der Waals surface area contributed by atoms with Crippen LogP contribution < -0.4 is 0 Å². The quantitative estimate of drug-likeness (QED) is 0.492. The van der Waals surface area contributed by atoms with E-state index in [2.05, 4.69) is 72.0 Å². The van der Waals surface area contributed by atoms with E-state index in [-0.39, 0.29) is 0 Å². The van der Waals surface area contributed by atoms with Crippen LogP contribution >= 0.6 is 0 Å². The van der Waals surface area contributed by atoms with E-state index in [9.17, 15) is 0 Å². The summed E-state index contributed by atoms with van der Waals surface area (Å²) in [5.74, 6) is 0.786. The Morgan fingerprint density at radius 2 is 1.20 bits per heavy atom. The van der Waals surface area contributed by atoms with Gasteiger partial charge >= 0.3 is 0 Å². The molecule has 134 valence electrons. The number of benzene rings is 2. The molecule has 2 aromatic carbocycles. The molecule has 0 spiro atoms. The number of hydrogen-bond donors (Lipinski definition) is 0. The van der Waals surface area contributed by atoms with Crippen LogP contribution in [-0.4, -0.2) is 8.07 Å². The molecule has 1 heteroatoms. The molecule has 3 rings (SSSR count). The smallest absolute Gasteiger partial charge is 0.0474 e. The normalized spacial score (nSPS) is 17.7. The van der Waals surface area contributed by atoms with Crippen molar-refractivity contribution in [2.45, 2.75) is 78.6 Å². The molecule has 0 aromatic heterocycles. The van der Waals surface area contributed by atoms with Gasteiger partial charge in [0.25, 0.3) is 0 Å². The molecule has 0 aliphatic carbocycles. The van der Waals surface area contributed by atoms with E-state index in [1.807, 2.05) is 0 Å². The third-order valence-electron chi connectivity index (χ3n) is 6.58. The number of hydrogen-bond acceptors (Lipinski definition) is 0. The summed E-state index contributed by atoms with van der Waals surface area (Å²) in [6, 6.07) is 12.7. The lowest BCUT2D eigenvalue weighted by atomic mass is 9.86. The predicted molar refractivity (Wildman–Crippen MR) is 115 cm³/mol. The zero-order chi connectivity index (χ0) is 18.4. The highest BCUT2D eigenvalue weighted by atomic mass is 28.3. The van der Waals surface area contributed by atoms with Crippen LogP contribution in [0.2, 0.25) is 25.2 Å². The van der Waals surface area contributed by atoms with E-state index in [0.717, 1.165) is 5.92 Å². The molecule has 1 aliphatic heterocycles. The molecule has 1 saturated heterocycles. The molecular formula is C24H34Si. The van der Waals surface area contributed by atoms with Crippen molar-refractivity contribution in [2.24, 2.45) is 0 Å². The van der Waals surface area contributed by atoms with Gasteiger partial charge < -0.3 is 0 Å². The van der Waals surface area contributed by atoms with Crippen molar-refractivity contribution in [3.63, 3.8) is 0 Å². The summed E-state index contributed by atoms with van der Waals surface area (Å²) >= 11 is 0. The second-order valence-electron chi connectivity index (χ2n) is 9.20. The molecule has 0 atom stereocenters. The fraction of sp³-hybridized carbons (Fsp3) is 0.500. The summed E-state index contributed by atoms with van der Waals surface area (Å²) in [5, 5.41) is 0. The van der Waals surface area contributed by atoms with E-state index >= 15 is 0 Å². The SMILES string of the molecule is Cc1cc(-c2c(C)cc(C3CC[Si](C)(C)CC3)cc2C)cc(C)c1C. The summed E-state index contributed by atoms with van der Waals surface area (Å²) in [6.45, 7) is 16.4. The van der Waals surface area contributed by atoms with Crippen molar-refractivity contribution in [1.29, 1.82) is 0 Å². The van der Waals surface area contributed by atoms with Crippen molar-refractivity contribution >= 4 is 8.07 Å². The number of aryl methyl sites for hydroxylation is 4. The molecule has 0 radical (unpaired) electrons. The molecule has 1 aliphatic rings. The van der Waals surface area contributed by atoms with E-state index < -0.39 is 8.07 Å². The van der Waals surface area contributed by atoms with Gasteiger partial charge in [-0.3, -0.25) is 0 Å². The van der Waals surface area contributed by atoms with Crippen LogP contribution in [0.5, 0.6) is 0 Å². The van der Waals surface area contributed by atoms with Crippen LogP contribution in [-0.2, 0) is 0 Å². The van der Waals surface area contributed by atoms with E-state index in [4.69, 9.17) is 0 Å². The Labute approximate surface area is 155 Å². The van der Waals surface area contributed by atoms with Gasteiger partial charge in [0.2, 0.25) is 0 Å². The third kappa shape index (κ3) is 3.77. The van der Waals surface area contributed by atoms with Gasteiger partial charge in [0.05, 0.1) is 0 Å². The molecule has 1 heterocycles. The lowest BCUT2D eigenvalue weighted by molar-refractivity contribution is 0.601.